The predicted octanol–water partition coefficient (Wildman–Crippen LogP) is 3.17. The van der Waals surface area contributed by atoms with E-state index in [-0.39, 0.29) is 23.8 Å². The number of ether oxygens (including phenoxy) is 3. The average Bonchev–Trinajstić information content (AvgIpc) is 3.60. The highest BCUT2D eigenvalue weighted by molar-refractivity contribution is 7.89. The van der Waals surface area contributed by atoms with Crippen molar-refractivity contribution in [1.29, 1.82) is 0 Å². The summed E-state index contributed by atoms with van der Waals surface area (Å²) in [5, 5.41) is 25.4. The highest BCUT2D eigenvalue weighted by atomic mass is 32.2. The fraction of sp³-hybridized carbons (Fsp3) is 0.536. The molecule has 2 aliphatic rings. The van der Waals surface area contributed by atoms with Gasteiger partial charge in [0.1, 0.15) is 6.10 Å². The second-order valence-corrected chi connectivity index (χ2v) is 12.1. The number of amides is 1. The molecule has 0 spiro atoms. The molecule has 42 heavy (non-hydrogen) atoms. The lowest BCUT2D eigenvalue weighted by Crippen LogP contribution is -2.51. The third-order valence-electron chi connectivity index (χ3n) is 7.42. The van der Waals surface area contributed by atoms with Crippen molar-refractivity contribution in [2.24, 2.45) is 5.92 Å². The molecule has 1 amide bonds. The molecule has 0 saturated carbocycles. The number of carbonyl (C=O) groups excluding carboxylic acids is 1. The van der Waals surface area contributed by atoms with E-state index in [2.05, 4.69) is 5.32 Å². The van der Waals surface area contributed by atoms with Crippen LogP contribution in [0.1, 0.15) is 38.7 Å². The topological polar surface area (TPSA) is 167 Å². The summed E-state index contributed by atoms with van der Waals surface area (Å²) < 4.78 is 44.7. The van der Waals surface area contributed by atoms with Gasteiger partial charge in [0.05, 0.1) is 53.7 Å². The molecule has 2 N–H and O–H groups in total. The van der Waals surface area contributed by atoms with Gasteiger partial charge in [0, 0.05) is 12.1 Å². The molecule has 2 aliphatic heterocycles. The molecule has 4 unspecified atom stereocenters. The maximum Gasteiger partial charge on any atom is 0.407 e. The number of hydrogen-bond donors (Lipinski definition) is 2. The number of hydrogen-bond acceptors (Lipinski definition) is 10. The number of aliphatic hydroxyl groups is 1. The lowest BCUT2D eigenvalue weighted by atomic mass is 10.0. The SMILES string of the molecule is CCC(CC)ON(CC(O)[C@H](Cc1ccccc1)NC(=O)OC1COC2OCCC12)S(=O)(=O)c1cccc([N+](=O)[O-])c1. The third-order valence-corrected chi connectivity index (χ3v) is 9.04. The fourth-order valence-corrected chi connectivity index (χ4v) is 6.32. The molecule has 2 fully saturated rings. The number of nitro groups is 1. The number of aliphatic hydroxyl groups excluding tert-OH is 1. The van der Waals surface area contributed by atoms with Crippen molar-refractivity contribution in [1.82, 2.24) is 9.79 Å². The number of sulfonamides is 1. The summed E-state index contributed by atoms with van der Waals surface area (Å²) in [6.07, 6.45) is -1.89. The summed E-state index contributed by atoms with van der Waals surface area (Å²) in [5.41, 5.74) is 0.376. The second-order valence-electron chi connectivity index (χ2n) is 10.3. The smallest absolute Gasteiger partial charge is 0.407 e. The van der Waals surface area contributed by atoms with Crippen LogP contribution in [0.2, 0.25) is 0 Å². The van der Waals surface area contributed by atoms with Gasteiger partial charge in [-0.15, -0.1) is 0 Å². The second kappa shape index (κ2) is 14.4. The summed E-state index contributed by atoms with van der Waals surface area (Å²) in [7, 11) is -4.46. The van der Waals surface area contributed by atoms with E-state index < -0.39 is 63.9 Å². The van der Waals surface area contributed by atoms with Crippen LogP contribution in [-0.2, 0) is 35.5 Å². The molecule has 230 valence electrons. The first kappa shape index (κ1) is 31.8. The Morgan fingerprint density at radius 1 is 1.17 bits per heavy atom. The van der Waals surface area contributed by atoms with Gasteiger partial charge in [-0.2, -0.15) is 0 Å². The number of hydroxylamine groups is 1. The summed E-state index contributed by atoms with van der Waals surface area (Å²) in [6, 6.07) is 12.7. The molecule has 2 heterocycles. The van der Waals surface area contributed by atoms with Crippen molar-refractivity contribution < 1.29 is 42.3 Å². The van der Waals surface area contributed by atoms with Crippen molar-refractivity contribution in [2.75, 3.05) is 19.8 Å². The van der Waals surface area contributed by atoms with Gasteiger partial charge in [-0.05, 0) is 37.3 Å². The molecule has 0 bridgehead atoms. The fourth-order valence-electron chi connectivity index (χ4n) is 4.98. The maximum absolute atomic E-state index is 13.7. The zero-order chi connectivity index (χ0) is 30.3. The first-order chi connectivity index (χ1) is 20.1. The summed E-state index contributed by atoms with van der Waals surface area (Å²) >= 11 is 0. The lowest BCUT2D eigenvalue weighted by molar-refractivity contribution is -0.385. The standard InChI is InChI=1S/C28H37N3O10S/c1-3-21(4-2)41-30(42(36,37)22-12-8-11-20(16-22)31(34)35)17-25(32)24(15-19-9-6-5-7-10-19)29-28(33)40-26-18-39-27-23(26)13-14-38-27/h5-12,16,21,23-27,32H,3-4,13-15,17-18H2,1-2H3,(H,29,33)/t23?,24-,25?,26?,27?/m0/s1. The van der Waals surface area contributed by atoms with E-state index in [9.17, 15) is 28.4 Å². The number of nitrogens with one attached hydrogen (secondary N) is 1. The minimum atomic E-state index is -4.46. The molecule has 14 heteroatoms. The van der Waals surface area contributed by atoms with Crippen molar-refractivity contribution in [2.45, 2.75) is 75.1 Å². The largest absolute Gasteiger partial charge is 0.443 e. The molecule has 2 saturated heterocycles. The molecule has 13 nitrogen and oxygen atoms in total. The highest BCUT2D eigenvalue weighted by Gasteiger charge is 2.44. The minimum absolute atomic E-state index is 0.0859. The average molecular weight is 608 g/mol. The number of nitro benzene ring substituents is 1. The number of nitrogens with zero attached hydrogens (tertiary/aromatic N) is 2. The first-order valence-electron chi connectivity index (χ1n) is 14.0. The Bertz CT molecular complexity index is 1310. The molecule has 2 aromatic carbocycles. The lowest BCUT2D eigenvalue weighted by Gasteiger charge is -2.31. The van der Waals surface area contributed by atoms with Crippen LogP contribution in [0.4, 0.5) is 10.5 Å². The van der Waals surface area contributed by atoms with E-state index >= 15 is 0 Å². The number of rotatable bonds is 14. The van der Waals surface area contributed by atoms with E-state index in [1.807, 2.05) is 44.2 Å². The van der Waals surface area contributed by atoms with Crippen LogP contribution in [0.3, 0.4) is 0 Å². The van der Waals surface area contributed by atoms with Crippen molar-refractivity contribution in [3.05, 3.63) is 70.3 Å². The Kier molecular flexibility index (Phi) is 10.9. The van der Waals surface area contributed by atoms with Crippen LogP contribution in [-0.4, -0.2) is 79.4 Å². The highest BCUT2D eigenvalue weighted by Crippen LogP contribution is 2.33. The summed E-state index contributed by atoms with van der Waals surface area (Å²) in [4.78, 5) is 29.1. The molecule has 5 atom stereocenters. The van der Waals surface area contributed by atoms with Gasteiger partial charge in [-0.3, -0.25) is 15.0 Å². The van der Waals surface area contributed by atoms with Crippen LogP contribution in [0.15, 0.2) is 59.5 Å². The van der Waals surface area contributed by atoms with Crippen LogP contribution >= 0.6 is 0 Å². The molecular weight excluding hydrogens is 570 g/mol. The Morgan fingerprint density at radius 3 is 2.60 bits per heavy atom. The van der Waals surface area contributed by atoms with E-state index in [4.69, 9.17) is 19.0 Å². The normalized spacial score (nSPS) is 21.7. The molecule has 4 rings (SSSR count). The van der Waals surface area contributed by atoms with Crippen LogP contribution in [0, 0.1) is 16.0 Å². The zero-order valence-corrected chi connectivity index (χ0v) is 24.4. The summed E-state index contributed by atoms with van der Waals surface area (Å²) in [5.74, 6) is -0.0859. The van der Waals surface area contributed by atoms with Gasteiger partial charge in [0.25, 0.3) is 15.7 Å². The minimum Gasteiger partial charge on any atom is -0.443 e. The van der Waals surface area contributed by atoms with Crippen molar-refractivity contribution in [3.63, 3.8) is 0 Å². The van der Waals surface area contributed by atoms with E-state index in [0.717, 1.165) is 11.6 Å². The maximum atomic E-state index is 13.7. The number of alkyl carbamates (subject to hydrolysis) is 1. The van der Waals surface area contributed by atoms with E-state index in [1.165, 1.54) is 18.2 Å². The number of fused-ring (bicyclic) bond motifs is 1. The Hall–Kier alpha value is -3.14. The molecule has 0 aliphatic carbocycles. The Morgan fingerprint density at radius 2 is 1.90 bits per heavy atom. The molecule has 0 radical (unpaired) electrons. The van der Waals surface area contributed by atoms with E-state index in [0.29, 0.717) is 30.3 Å². The first-order valence-corrected chi connectivity index (χ1v) is 15.4. The van der Waals surface area contributed by atoms with Gasteiger partial charge in [-0.25, -0.2) is 13.2 Å². The van der Waals surface area contributed by atoms with Crippen molar-refractivity contribution >= 4 is 21.8 Å². The van der Waals surface area contributed by atoms with Gasteiger partial charge in [0.15, 0.2) is 6.29 Å². The third kappa shape index (κ3) is 7.82. The van der Waals surface area contributed by atoms with Gasteiger partial charge in [-0.1, -0.05) is 54.7 Å². The molecule has 0 aromatic heterocycles. The van der Waals surface area contributed by atoms with Crippen LogP contribution in [0.25, 0.3) is 0 Å². The zero-order valence-electron chi connectivity index (χ0n) is 23.5. The van der Waals surface area contributed by atoms with Crippen LogP contribution in [0.5, 0.6) is 0 Å². The van der Waals surface area contributed by atoms with Gasteiger partial charge >= 0.3 is 6.09 Å². The quantitative estimate of drug-likeness (QED) is 0.241. The monoisotopic (exact) mass is 607 g/mol. The van der Waals surface area contributed by atoms with Gasteiger partial charge in [0.2, 0.25) is 0 Å². The molecular formula is C28H37N3O10S. The number of carbonyl (C=O) groups is 1. The van der Waals surface area contributed by atoms with Crippen molar-refractivity contribution in [3.8, 4) is 0 Å². The van der Waals surface area contributed by atoms with E-state index in [1.54, 1.807) is 0 Å². The molecule has 2 aromatic rings. The predicted molar refractivity (Wildman–Crippen MR) is 150 cm³/mol. The Balaban J connectivity index is 1.56. The Labute approximate surface area is 244 Å². The number of benzene rings is 2. The van der Waals surface area contributed by atoms with Crippen LogP contribution < -0.4 is 5.32 Å². The van der Waals surface area contributed by atoms with Gasteiger partial charge < -0.3 is 24.6 Å². The number of non-ortho nitro benzene ring substituents is 1. The summed E-state index contributed by atoms with van der Waals surface area (Å²) in [6.45, 7) is 3.78.